The fourth-order valence-corrected chi connectivity index (χ4v) is 3.71. The minimum absolute atomic E-state index is 0.0284. The molecule has 2 unspecified atom stereocenters. The number of nitrogens with one attached hydrogen (secondary N) is 3. The Balaban J connectivity index is 1.41. The van der Waals surface area contributed by atoms with Crippen molar-refractivity contribution in [3.8, 4) is 11.4 Å². The van der Waals surface area contributed by atoms with Crippen molar-refractivity contribution in [3.63, 3.8) is 0 Å². The zero-order valence-electron chi connectivity index (χ0n) is 16.8. The first kappa shape index (κ1) is 19.8. The van der Waals surface area contributed by atoms with Gasteiger partial charge in [-0.25, -0.2) is 21.0 Å². The van der Waals surface area contributed by atoms with Gasteiger partial charge < -0.3 is 5.11 Å². The number of phenols is 1. The van der Waals surface area contributed by atoms with Crippen LogP contribution in [-0.4, -0.2) is 33.1 Å². The molecule has 154 valence electrons. The van der Waals surface area contributed by atoms with Crippen LogP contribution in [0.5, 0.6) is 5.75 Å². The summed E-state index contributed by atoms with van der Waals surface area (Å²) in [6.45, 7) is 4.03. The summed E-state index contributed by atoms with van der Waals surface area (Å²) in [4.78, 5) is 12.5. The predicted octanol–water partition coefficient (Wildman–Crippen LogP) is 2.25. The quantitative estimate of drug-likeness (QED) is 0.386. The summed E-state index contributed by atoms with van der Waals surface area (Å²) >= 11 is 0. The molecule has 0 radical (unpaired) electrons. The number of carbonyl (C=O) groups excluding carboxylic acids is 1. The molecule has 1 fully saturated rings. The average molecular weight is 404 g/mol. The zero-order valence-corrected chi connectivity index (χ0v) is 16.8. The standard InChI is InChI=1S/C22H24N6O2/c1-14-21(15(2)28(27-14)17-6-4-3-5-7-17)19-12-20(25-24-19)22(30)26-23-13-16-8-10-18(29)11-9-16/h3-11,13,19-20,24-25,29H,12H2,1-2H3,(H,26,30)/b23-13+. The fourth-order valence-electron chi connectivity index (χ4n) is 3.71. The first-order chi connectivity index (χ1) is 14.5. The highest BCUT2D eigenvalue weighted by molar-refractivity contribution is 5.85. The van der Waals surface area contributed by atoms with Gasteiger partial charge in [0.25, 0.3) is 5.91 Å². The van der Waals surface area contributed by atoms with Crippen molar-refractivity contribution in [1.29, 1.82) is 0 Å². The minimum atomic E-state index is -0.411. The first-order valence-electron chi connectivity index (χ1n) is 9.77. The third-order valence-electron chi connectivity index (χ3n) is 5.20. The second-order valence-corrected chi connectivity index (χ2v) is 7.29. The van der Waals surface area contributed by atoms with E-state index in [1.54, 1.807) is 24.3 Å². The number of carbonyl (C=O) groups is 1. The summed E-state index contributed by atoms with van der Waals surface area (Å²) in [5, 5.41) is 18.0. The minimum Gasteiger partial charge on any atom is -0.508 e. The molecule has 0 saturated carbocycles. The number of hydrogen-bond acceptors (Lipinski definition) is 6. The lowest BCUT2D eigenvalue weighted by Gasteiger charge is -2.11. The van der Waals surface area contributed by atoms with Crippen molar-refractivity contribution < 1.29 is 9.90 Å². The van der Waals surface area contributed by atoms with E-state index >= 15 is 0 Å². The molecule has 2 heterocycles. The van der Waals surface area contributed by atoms with Crippen molar-refractivity contribution in [2.24, 2.45) is 5.10 Å². The molecule has 1 aromatic heterocycles. The Hall–Kier alpha value is -3.49. The zero-order chi connectivity index (χ0) is 21.1. The summed E-state index contributed by atoms with van der Waals surface area (Å²) in [5.41, 5.74) is 13.7. The normalized spacial score (nSPS) is 18.7. The molecule has 1 saturated heterocycles. The molecule has 0 aliphatic carbocycles. The van der Waals surface area contributed by atoms with E-state index in [9.17, 15) is 9.90 Å². The number of rotatable bonds is 5. The van der Waals surface area contributed by atoms with E-state index in [0.29, 0.717) is 6.42 Å². The first-order valence-corrected chi connectivity index (χ1v) is 9.77. The maximum absolute atomic E-state index is 12.5. The molecule has 0 spiro atoms. The second kappa shape index (κ2) is 8.48. The van der Waals surface area contributed by atoms with Crippen LogP contribution < -0.4 is 16.3 Å². The third kappa shape index (κ3) is 4.10. The van der Waals surface area contributed by atoms with Gasteiger partial charge in [0.1, 0.15) is 11.8 Å². The van der Waals surface area contributed by atoms with Crippen molar-refractivity contribution in [1.82, 2.24) is 26.1 Å². The van der Waals surface area contributed by atoms with E-state index in [0.717, 1.165) is 28.2 Å². The fraction of sp³-hybridized carbons (Fsp3) is 0.227. The number of para-hydroxylation sites is 1. The Labute approximate surface area is 174 Å². The Morgan fingerprint density at radius 3 is 2.63 bits per heavy atom. The van der Waals surface area contributed by atoms with Crippen LogP contribution in [0.1, 0.15) is 35.0 Å². The lowest BCUT2D eigenvalue weighted by Crippen LogP contribution is -2.41. The number of hydrazone groups is 1. The maximum atomic E-state index is 12.5. The van der Waals surface area contributed by atoms with Crippen LogP contribution in [0.2, 0.25) is 0 Å². The number of hydrogen-bond donors (Lipinski definition) is 4. The van der Waals surface area contributed by atoms with Gasteiger partial charge in [-0.1, -0.05) is 18.2 Å². The summed E-state index contributed by atoms with van der Waals surface area (Å²) in [6.07, 6.45) is 2.12. The van der Waals surface area contributed by atoms with Crippen molar-refractivity contribution >= 4 is 12.1 Å². The number of phenolic OH excluding ortho intramolecular Hbond substituents is 1. The molecule has 4 rings (SSSR count). The molecule has 1 aliphatic heterocycles. The van der Waals surface area contributed by atoms with Gasteiger partial charge in [-0.2, -0.15) is 10.2 Å². The summed E-state index contributed by atoms with van der Waals surface area (Å²) < 4.78 is 1.93. The molecule has 2 atom stereocenters. The Bertz CT molecular complexity index is 1060. The van der Waals surface area contributed by atoms with E-state index < -0.39 is 6.04 Å². The van der Waals surface area contributed by atoms with E-state index in [1.165, 1.54) is 6.21 Å². The largest absolute Gasteiger partial charge is 0.508 e. The molecule has 1 amide bonds. The molecule has 3 aromatic rings. The number of aryl methyl sites for hydroxylation is 1. The number of amides is 1. The van der Waals surface area contributed by atoms with Crippen molar-refractivity contribution in [2.45, 2.75) is 32.4 Å². The van der Waals surface area contributed by atoms with E-state index in [1.807, 2.05) is 48.9 Å². The molecule has 1 aliphatic rings. The number of aromatic hydroxyl groups is 1. The number of nitrogens with zero attached hydrogens (tertiary/aromatic N) is 3. The lowest BCUT2D eigenvalue weighted by atomic mass is 10.00. The second-order valence-electron chi connectivity index (χ2n) is 7.29. The molecule has 2 aromatic carbocycles. The molecule has 4 N–H and O–H groups in total. The van der Waals surface area contributed by atoms with Crippen LogP contribution in [0.25, 0.3) is 5.69 Å². The molecule has 30 heavy (non-hydrogen) atoms. The number of aromatic nitrogens is 2. The van der Waals surface area contributed by atoms with Crippen LogP contribution in [0.15, 0.2) is 59.7 Å². The Morgan fingerprint density at radius 2 is 1.90 bits per heavy atom. The van der Waals surface area contributed by atoms with E-state index in [4.69, 9.17) is 5.10 Å². The Morgan fingerprint density at radius 1 is 1.17 bits per heavy atom. The highest BCUT2D eigenvalue weighted by atomic mass is 16.3. The SMILES string of the molecule is Cc1nn(-c2ccccc2)c(C)c1C1CC(C(=O)N/N=C/c2ccc(O)cc2)NN1. The maximum Gasteiger partial charge on any atom is 0.258 e. The van der Waals surface area contributed by atoms with Gasteiger partial charge in [-0.15, -0.1) is 0 Å². The average Bonchev–Trinajstić information content (AvgIpc) is 3.34. The van der Waals surface area contributed by atoms with Gasteiger partial charge in [0.15, 0.2) is 0 Å². The van der Waals surface area contributed by atoms with Crippen LogP contribution in [0.4, 0.5) is 0 Å². The van der Waals surface area contributed by atoms with Crippen molar-refractivity contribution in [3.05, 3.63) is 77.1 Å². The summed E-state index contributed by atoms with van der Waals surface area (Å²) in [5.74, 6) is -0.0320. The molecular weight excluding hydrogens is 380 g/mol. The Kier molecular flexibility index (Phi) is 5.60. The van der Waals surface area contributed by atoms with Gasteiger partial charge >= 0.3 is 0 Å². The van der Waals surface area contributed by atoms with Crippen LogP contribution in [0, 0.1) is 13.8 Å². The van der Waals surface area contributed by atoms with E-state index in [2.05, 4.69) is 21.4 Å². The topological polar surface area (TPSA) is 104 Å². The highest BCUT2D eigenvalue weighted by Gasteiger charge is 2.33. The van der Waals surface area contributed by atoms with Gasteiger partial charge in [0.2, 0.25) is 0 Å². The lowest BCUT2D eigenvalue weighted by molar-refractivity contribution is -0.122. The van der Waals surface area contributed by atoms with Gasteiger partial charge in [-0.05, 0) is 62.2 Å². The number of hydrazine groups is 1. The molecular formula is C22H24N6O2. The van der Waals surface area contributed by atoms with Crippen molar-refractivity contribution in [2.75, 3.05) is 0 Å². The highest BCUT2D eigenvalue weighted by Crippen LogP contribution is 2.29. The van der Waals surface area contributed by atoms with Crippen LogP contribution >= 0.6 is 0 Å². The monoisotopic (exact) mass is 404 g/mol. The number of benzene rings is 2. The third-order valence-corrected chi connectivity index (χ3v) is 5.20. The molecule has 0 bridgehead atoms. The van der Waals surface area contributed by atoms with Gasteiger partial charge in [0, 0.05) is 11.3 Å². The summed E-state index contributed by atoms with van der Waals surface area (Å²) in [6, 6.07) is 16.1. The molecule has 8 nitrogen and oxygen atoms in total. The van der Waals surface area contributed by atoms with Crippen LogP contribution in [0.3, 0.4) is 0 Å². The van der Waals surface area contributed by atoms with E-state index in [-0.39, 0.29) is 17.7 Å². The van der Waals surface area contributed by atoms with Gasteiger partial charge in [0.05, 0.1) is 23.6 Å². The van der Waals surface area contributed by atoms with Gasteiger partial charge in [-0.3, -0.25) is 4.79 Å². The predicted molar refractivity (Wildman–Crippen MR) is 114 cm³/mol. The summed E-state index contributed by atoms with van der Waals surface area (Å²) in [7, 11) is 0. The molecule has 8 heteroatoms. The smallest absolute Gasteiger partial charge is 0.258 e. The van der Waals surface area contributed by atoms with Crippen LogP contribution in [-0.2, 0) is 4.79 Å².